The number of thiophene rings is 1. The summed E-state index contributed by atoms with van der Waals surface area (Å²) >= 11 is 1.18. The van der Waals surface area contributed by atoms with Crippen LogP contribution in [0, 0.1) is 11.3 Å². The number of pyridine rings is 1. The zero-order valence-electron chi connectivity index (χ0n) is 14.6. The number of carbonyl (C=O) groups excluding carboxylic acids is 2. The van der Waals surface area contributed by atoms with Crippen molar-refractivity contribution >= 4 is 33.3 Å². The average Bonchev–Trinajstić information content (AvgIpc) is 3.05. The highest BCUT2D eigenvalue weighted by Gasteiger charge is 2.20. The number of amides is 1. The van der Waals surface area contributed by atoms with E-state index in [1.165, 1.54) is 30.6 Å². The second-order valence-electron chi connectivity index (χ2n) is 5.35. The molecule has 136 valence electrons. The Balaban J connectivity index is 1.94. The lowest BCUT2D eigenvalue weighted by molar-refractivity contribution is 0.0531. The van der Waals surface area contributed by atoms with E-state index in [-0.39, 0.29) is 23.1 Å². The summed E-state index contributed by atoms with van der Waals surface area (Å²) in [5.74, 6) is 0.136. The van der Waals surface area contributed by atoms with Crippen molar-refractivity contribution in [3.63, 3.8) is 0 Å². The molecule has 8 heteroatoms. The summed E-state index contributed by atoms with van der Waals surface area (Å²) in [6, 6.07) is 10.4. The summed E-state index contributed by atoms with van der Waals surface area (Å²) in [6.07, 6.45) is 1.48. The minimum atomic E-state index is -0.512. The molecule has 3 rings (SSSR count). The first-order valence-corrected chi connectivity index (χ1v) is 8.88. The monoisotopic (exact) mass is 381 g/mol. The van der Waals surface area contributed by atoms with Crippen molar-refractivity contribution < 1.29 is 19.1 Å². The quantitative estimate of drug-likeness (QED) is 0.679. The standard InChI is InChI=1S/C19H15N3O4S/c1-3-25-19(24)17-14(10-20)13-5-4-11(9-16(13)27-17)26-12-6-7-22-15(8-12)18(23)21-2/h4-9H,3H2,1-2H3,(H,21,23). The van der Waals surface area contributed by atoms with Gasteiger partial charge in [-0.2, -0.15) is 5.26 Å². The van der Waals surface area contributed by atoms with Gasteiger partial charge in [0.1, 0.15) is 28.1 Å². The SMILES string of the molecule is CCOC(=O)c1sc2cc(Oc3ccnc(C(=O)NC)c3)ccc2c1C#N. The molecule has 0 atom stereocenters. The van der Waals surface area contributed by atoms with E-state index in [2.05, 4.69) is 16.4 Å². The number of fused-ring (bicyclic) bond motifs is 1. The molecule has 0 bridgehead atoms. The zero-order valence-corrected chi connectivity index (χ0v) is 15.4. The number of nitriles is 1. The summed E-state index contributed by atoms with van der Waals surface area (Å²) in [5, 5.41) is 12.6. The van der Waals surface area contributed by atoms with Gasteiger partial charge in [-0.3, -0.25) is 9.78 Å². The van der Waals surface area contributed by atoms with E-state index in [4.69, 9.17) is 9.47 Å². The number of carbonyl (C=O) groups is 2. The van der Waals surface area contributed by atoms with Crippen molar-refractivity contribution in [3.05, 3.63) is 52.7 Å². The maximum Gasteiger partial charge on any atom is 0.349 e. The van der Waals surface area contributed by atoms with Crippen LogP contribution >= 0.6 is 11.3 Å². The maximum atomic E-state index is 12.1. The van der Waals surface area contributed by atoms with Gasteiger partial charge in [0.05, 0.1) is 12.2 Å². The molecule has 0 saturated heterocycles. The molecule has 0 aliphatic rings. The number of hydrogen-bond donors (Lipinski definition) is 1. The largest absolute Gasteiger partial charge is 0.462 e. The Morgan fingerprint density at radius 2 is 2.04 bits per heavy atom. The Morgan fingerprint density at radius 1 is 1.26 bits per heavy atom. The molecule has 3 aromatic rings. The fraction of sp³-hybridized carbons (Fsp3) is 0.158. The number of hydrogen-bond acceptors (Lipinski definition) is 7. The molecule has 7 nitrogen and oxygen atoms in total. The molecule has 27 heavy (non-hydrogen) atoms. The summed E-state index contributed by atoms with van der Waals surface area (Å²) in [7, 11) is 1.52. The number of nitrogens with zero attached hydrogens (tertiary/aromatic N) is 2. The van der Waals surface area contributed by atoms with Gasteiger partial charge in [-0.25, -0.2) is 4.79 Å². The first kappa shape index (κ1) is 18.4. The number of nitrogens with one attached hydrogen (secondary N) is 1. The molecule has 0 fully saturated rings. The molecule has 0 radical (unpaired) electrons. The maximum absolute atomic E-state index is 12.1. The van der Waals surface area contributed by atoms with Crippen LogP contribution in [0.25, 0.3) is 10.1 Å². The molecule has 1 amide bonds. The van der Waals surface area contributed by atoms with E-state index in [0.29, 0.717) is 22.4 Å². The van der Waals surface area contributed by atoms with Crippen molar-refractivity contribution in [2.24, 2.45) is 0 Å². The number of aromatic nitrogens is 1. The Bertz CT molecular complexity index is 1070. The number of ether oxygens (including phenoxy) is 2. The molecule has 0 unspecified atom stereocenters. The van der Waals surface area contributed by atoms with Gasteiger partial charge in [0.15, 0.2) is 0 Å². The van der Waals surface area contributed by atoms with Gasteiger partial charge in [-0.15, -0.1) is 11.3 Å². The Morgan fingerprint density at radius 3 is 2.74 bits per heavy atom. The molecule has 0 aliphatic carbocycles. The third-order valence-corrected chi connectivity index (χ3v) is 4.79. The summed E-state index contributed by atoms with van der Waals surface area (Å²) in [5.41, 5.74) is 0.536. The minimum Gasteiger partial charge on any atom is -0.462 e. The average molecular weight is 381 g/mol. The molecule has 1 aromatic carbocycles. The van der Waals surface area contributed by atoms with Crippen LogP contribution in [0.15, 0.2) is 36.5 Å². The van der Waals surface area contributed by atoms with Gasteiger partial charge in [0.2, 0.25) is 0 Å². The lowest BCUT2D eigenvalue weighted by Crippen LogP contribution is -2.18. The van der Waals surface area contributed by atoms with E-state index in [1.807, 2.05) is 0 Å². The summed E-state index contributed by atoms with van der Waals surface area (Å²) in [6.45, 7) is 1.95. The second kappa shape index (κ2) is 7.85. The number of rotatable bonds is 5. The highest BCUT2D eigenvalue weighted by Crippen LogP contribution is 2.35. The van der Waals surface area contributed by atoms with Gasteiger partial charge in [0, 0.05) is 29.4 Å². The second-order valence-corrected chi connectivity index (χ2v) is 6.41. The van der Waals surface area contributed by atoms with E-state index < -0.39 is 5.97 Å². The Hall–Kier alpha value is -3.44. The molecule has 1 N–H and O–H groups in total. The van der Waals surface area contributed by atoms with Gasteiger partial charge in [-0.1, -0.05) is 0 Å². The van der Waals surface area contributed by atoms with Crippen LogP contribution in [0.5, 0.6) is 11.5 Å². The van der Waals surface area contributed by atoms with Crippen LogP contribution in [-0.4, -0.2) is 30.5 Å². The predicted octanol–water partition coefficient (Wildman–Crippen LogP) is 3.50. The lowest BCUT2D eigenvalue weighted by Gasteiger charge is -2.07. The Kier molecular flexibility index (Phi) is 5.33. The van der Waals surface area contributed by atoms with Gasteiger partial charge in [0.25, 0.3) is 5.91 Å². The molecular weight excluding hydrogens is 366 g/mol. The molecule has 2 heterocycles. The predicted molar refractivity (Wildman–Crippen MR) is 100 cm³/mol. The number of benzene rings is 1. The topological polar surface area (TPSA) is 101 Å². The van der Waals surface area contributed by atoms with Crippen LogP contribution in [-0.2, 0) is 4.74 Å². The normalized spacial score (nSPS) is 10.3. The van der Waals surface area contributed by atoms with Crippen LogP contribution in [0.3, 0.4) is 0 Å². The first-order valence-electron chi connectivity index (χ1n) is 8.07. The molecule has 0 aliphatic heterocycles. The van der Waals surface area contributed by atoms with E-state index in [1.54, 1.807) is 31.2 Å². The summed E-state index contributed by atoms with van der Waals surface area (Å²) in [4.78, 5) is 28.0. The van der Waals surface area contributed by atoms with Crippen molar-refractivity contribution in [2.45, 2.75) is 6.92 Å². The first-order chi connectivity index (χ1) is 13.1. The van der Waals surface area contributed by atoms with E-state index in [9.17, 15) is 14.9 Å². The third kappa shape index (κ3) is 3.73. The van der Waals surface area contributed by atoms with Crippen LogP contribution in [0.4, 0.5) is 0 Å². The fourth-order valence-electron chi connectivity index (χ4n) is 2.45. The van der Waals surface area contributed by atoms with Crippen molar-refractivity contribution in [1.82, 2.24) is 10.3 Å². The smallest absolute Gasteiger partial charge is 0.349 e. The van der Waals surface area contributed by atoms with Crippen LogP contribution in [0.2, 0.25) is 0 Å². The van der Waals surface area contributed by atoms with Gasteiger partial charge >= 0.3 is 5.97 Å². The minimum absolute atomic E-state index is 0.238. The zero-order chi connectivity index (χ0) is 19.4. The molecular formula is C19H15N3O4S. The summed E-state index contributed by atoms with van der Waals surface area (Å²) < 4.78 is 11.5. The fourth-order valence-corrected chi connectivity index (χ4v) is 3.53. The van der Waals surface area contributed by atoms with Crippen molar-refractivity contribution in [2.75, 3.05) is 13.7 Å². The van der Waals surface area contributed by atoms with Gasteiger partial charge < -0.3 is 14.8 Å². The molecule has 0 spiro atoms. The lowest BCUT2D eigenvalue weighted by atomic mass is 10.1. The van der Waals surface area contributed by atoms with Gasteiger partial charge in [-0.05, 0) is 31.2 Å². The van der Waals surface area contributed by atoms with Crippen LogP contribution < -0.4 is 10.1 Å². The van der Waals surface area contributed by atoms with Crippen LogP contribution in [0.1, 0.15) is 32.6 Å². The van der Waals surface area contributed by atoms with E-state index in [0.717, 1.165) is 4.70 Å². The number of esters is 1. The molecule has 0 saturated carbocycles. The Labute approximate surface area is 159 Å². The van der Waals surface area contributed by atoms with Crippen molar-refractivity contribution in [1.29, 1.82) is 5.26 Å². The third-order valence-electron chi connectivity index (χ3n) is 3.66. The highest BCUT2D eigenvalue weighted by atomic mass is 32.1. The van der Waals surface area contributed by atoms with Crippen molar-refractivity contribution in [3.8, 4) is 17.6 Å². The van der Waals surface area contributed by atoms with E-state index >= 15 is 0 Å². The highest BCUT2D eigenvalue weighted by molar-refractivity contribution is 7.21. The molecule has 2 aromatic heterocycles.